The van der Waals surface area contributed by atoms with Crippen molar-refractivity contribution in [1.82, 2.24) is 14.3 Å². The lowest BCUT2D eigenvalue weighted by Crippen LogP contribution is -2.22. The van der Waals surface area contributed by atoms with Gasteiger partial charge in [0.25, 0.3) is 11.5 Å². The van der Waals surface area contributed by atoms with Crippen LogP contribution in [0.2, 0.25) is 0 Å². The molecule has 4 rings (SSSR count). The average molecular weight is 374 g/mol. The lowest BCUT2D eigenvalue weighted by molar-refractivity contribution is 0.102. The maximum absolute atomic E-state index is 13.0. The smallest absolute Gasteiger partial charge is 0.262 e. The van der Waals surface area contributed by atoms with Crippen molar-refractivity contribution >= 4 is 22.4 Å². The number of aromatic nitrogens is 3. The summed E-state index contributed by atoms with van der Waals surface area (Å²) >= 11 is 0. The number of carbonyl (C=O) groups is 1. The third kappa shape index (κ3) is 3.14. The summed E-state index contributed by atoms with van der Waals surface area (Å²) in [6, 6.07) is 14.2. The Bertz CT molecular complexity index is 1220. The maximum Gasteiger partial charge on any atom is 0.262 e. The van der Waals surface area contributed by atoms with E-state index >= 15 is 0 Å². The fraction of sp³-hybridized carbons (Fsp3) is 0.0952. The van der Waals surface area contributed by atoms with Crippen LogP contribution in [0.15, 0.2) is 71.9 Å². The highest BCUT2D eigenvalue weighted by Gasteiger charge is 2.16. The van der Waals surface area contributed by atoms with Crippen LogP contribution in [0.4, 0.5) is 5.69 Å². The summed E-state index contributed by atoms with van der Waals surface area (Å²) in [5.74, 6) is 0.374. The van der Waals surface area contributed by atoms with Gasteiger partial charge in [0, 0.05) is 35.9 Å². The molecule has 7 heteroatoms. The number of nitrogens with one attached hydrogen (secondary N) is 1. The van der Waals surface area contributed by atoms with E-state index in [1.165, 1.54) is 4.57 Å². The van der Waals surface area contributed by atoms with Gasteiger partial charge in [-0.05, 0) is 30.3 Å². The summed E-state index contributed by atoms with van der Waals surface area (Å²) in [7, 11) is 3.35. The van der Waals surface area contributed by atoms with Gasteiger partial charge in [0.2, 0.25) is 0 Å². The average Bonchev–Trinajstić information content (AvgIpc) is 3.13. The molecule has 7 nitrogen and oxygen atoms in total. The van der Waals surface area contributed by atoms with Crippen LogP contribution in [0.3, 0.4) is 0 Å². The highest BCUT2D eigenvalue weighted by molar-refractivity contribution is 6.12. The van der Waals surface area contributed by atoms with Crippen LogP contribution in [0.5, 0.6) is 5.75 Å². The number of benzene rings is 2. The Balaban J connectivity index is 1.86. The van der Waals surface area contributed by atoms with Crippen LogP contribution >= 0.6 is 0 Å². The minimum absolute atomic E-state index is 0.196. The number of pyridine rings is 1. The first kappa shape index (κ1) is 17.5. The SMILES string of the molecule is COc1ccc(-n2cc(C(=O)Nc3cnn(C)c3)c3ccccc3c2=O)cc1. The van der Waals surface area contributed by atoms with Crippen molar-refractivity contribution in [3.8, 4) is 11.4 Å². The van der Waals surface area contributed by atoms with E-state index in [1.807, 2.05) is 0 Å². The standard InChI is InChI=1S/C21H18N4O3/c1-24-12-14(11-22-24)23-20(26)19-13-25(15-7-9-16(28-2)10-8-15)21(27)18-6-4-3-5-17(18)19/h3-13H,1-2H3,(H,23,26). The van der Waals surface area contributed by atoms with E-state index in [1.54, 1.807) is 86.0 Å². The summed E-state index contributed by atoms with van der Waals surface area (Å²) in [5.41, 5.74) is 1.43. The van der Waals surface area contributed by atoms with Crippen molar-refractivity contribution in [2.45, 2.75) is 0 Å². The minimum Gasteiger partial charge on any atom is -0.497 e. The molecule has 0 saturated heterocycles. The minimum atomic E-state index is -0.313. The van der Waals surface area contributed by atoms with Crippen LogP contribution in [0.25, 0.3) is 16.5 Å². The number of ether oxygens (including phenoxy) is 1. The predicted octanol–water partition coefficient (Wildman–Crippen LogP) is 2.99. The molecule has 140 valence electrons. The zero-order valence-electron chi connectivity index (χ0n) is 15.4. The second-order valence-corrected chi connectivity index (χ2v) is 6.32. The first-order valence-electron chi connectivity index (χ1n) is 8.65. The maximum atomic E-state index is 13.0. The third-order valence-corrected chi connectivity index (χ3v) is 4.48. The molecule has 0 radical (unpaired) electrons. The summed E-state index contributed by atoms with van der Waals surface area (Å²) < 4.78 is 8.25. The molecule has 0 bridgehead atoms. The van der Waals surface area contributed by atoms with E-state index in [9.17, 15) is 9.59 Å². The van der Waals surface area contributed by atoms with Crippen LogP contribution in [0, 0.1) is 0 Å². The molecule has 0 aliphatic heterocycles. The van der Waals surface area contributed by atoms with Crippen LogP contribution in [-0.2, 0) is 7.05 Å². The molecule has 0 atom stereocenters. The number of nitrogens with zero attached hydrogens (tertiary/aromatic N) is 3. The number of hydrogen-bond donors (Lipinski definition) is 1. The Kier molecular flexibility index (Phi) is 4.41. The van der Waals surface area contributed by atoms with Gasteiger partial charge in [-0.1, -0.05) is 18.2 Å². The number of rotatable bonds is 4. The van der Waals surface area contributed by atoms with Crippen molar-refractivity contribution in [1.29, 1.82) is 0 Å². The molecule has 2 aromatic carbocycles. The quantitative estimate of drug-likeness (QED) is 0.596. The second kappa shape index (κ2) is 7.03. The molecular weight excluding hydrogens is 356 g/mol. The van der Waals surface area contributed by atoms with Crippen molar-refractivity contribution in [2.75, 3.05) is 12.4 Å². The van der Waals surface area contributed by atoms with E-state index in [-0.39, 0.29) is 11.5 Å². The summed E-state index contributed by atoms with van der Waals surface area (Å²) in [5, 5.41) is 7.95. The Morgan fingerprint density at radius 2 is 1.75 bits per heavy atom. The van der Waals surface area contributed by atoms with Crippen LogP contribution < -0.4 is 15.6 Å². The van der Waals surface area contributed by atoms with E-state index < -0.39 is 0 Å². The molecule has 2 aromatic heterocycles. The largest absolute Gasteiger partial charge is 0.497 e. The fourth-order valence-electron chi connectivity index (χ4n) is 3.09. The number of hydrogen-bond acceptors (Lipinski definition) is 4. The highest BCUT2D eigenvalue weighted by Crippen LogP contribution is 2.20. The predicted molar refractivity (Wildman–Crippen MR) is 107 cm³/mol. The van der Waals surface area contributed by atoms with E-state index in [0.717, 1.165) is 0 Å². The van der Waals surface area contributed by atoms with Gasteiger partial charge in [0.05, 0.1) is 24.6 Å². The molecule has 0 spiro atoms. The van der Waals surface area contributed by atoms with Gasteiger partial charge in [0.15, 0.2) is 0 Å². The normalized spacial score (nSPS) is 10.8. The first-order chi connectivity index (χ1) is 13.6. The fourth-order valence-corrected chi connectivity index (χ4v) is 3.09. The molecule has 1 N–H and O–H groups in total. The zero-order chi connectivity index (χ0) is 19.7. The molecule has 4 aromatic rings. The summed E-state index contributed by atoms with van der Waals surface area (Å²) in [6.07, 6.45) is 4.84. The zero-order valence-corrected chi connectivity index (χ0v) is 15.4. The van der Waals surface area contributed by atoms with Crippen LogP contribution in [-0.4, -0.2) is 27.4 Å². The molecule has 28 heavy (non-hydrogen) atoms. The molecule has 2 heterocycles. The molecule has 0 fully saturated rings. The summed E-state index contributed by atoms with van der Waals surface area (Å²) in [4.78, 5) is 26.0. The molecule has 1 amide bonds. The number of carbonyl (C=O) groups excluding carboxylic acids is 1. The van der Waals surface area contributed by atoms with E-state index in [2.05, 4.69) is 10.4 Å². The lowest BCUT2D eigenvalue weighted by atomic mass is 10.1. The molecule has 0 aliphatic rings. The molecule has 0 aliphatic carbocycles. The Morgan fingerprint density at radius 1 is 1.04 bits per heavy atom. The van der Waals surface area contributed by atoms with Gasteiger partial charge in [0.1, 0.15) is 5.75 Å². The molecule has 0 unspecified atom stereocenters. The van der Waals surface area contributed by atoms with Crippen molar-refractivity contribution in [3.63, 3.8) is 0 Å². The second-order valence-electron chi connectivity index (χ2n) is 6.32. The lowest BCUT2D eigenvalue weighted by Gasteiger charge is -2.12. The molecular formula is C21H18N4O3. The van der Waals surface area contributed by atoms with E-state index in [4.69, 9.17) is 4.74 Å². The number of anilines is 1. The Hall–Kier alpha value is -3.87. The summed E-state index contributed by atoms with van der Waals surface area (Å²) in [6.45, 7) is 0. The van der Waals surface area contributed by atoms with Gasteiger partial charge in [-0.15, -0.1) is 0 Å². The first-order valence-corrected chi connectivity index (χ1v) is 8.65. The number of amides is 1. The van der Waals surface area contributed by atoms with Gasteiger partial charge >= 0.3 is 0 Å². The number of aryl methyl sites for hydroxylation is 1. The van der Waals surface area contributed by atoms with Gasteiger partial charge in [-0.2, -0.15) is 5.10 Å². The van der Waals surface area contributed by atoms with Gasteiger partial charge in [-0.25, -0.2) is 0 Å². The Labute approximate surface area is 160 Å². The number of methoxy groups -OCH3 is 1. The van der Waals surface area contributed by atoms with Crippen molar-refractivity contribution in [3.05, 3.63) is 83.0 Å². The third-order valence-electron chi connectivity index (χ3n) is 4.48. The topological polar surface area (TPSA) is 78.2 Å². The highest BCUT2D eigenvalue weighted by atomic mass is 16.5. The number of fused-ring (bicyclic) bond motifs is 1. The molecule has 0 saturated carbocycles. The Morgan fingerprint density at radius 3 is 2.39 bits per heavy atom. The van der Waals surface area contributed by atoms with Crippen molar-refractivity contribution in [2.24, 2.45) is 7.05 Å². The van der Waals surface area contributed by atoms with Gasteiger partial charge < -0.3 is 10.1 Å². The monoisotopic (exact) mass is 374 g/mol. The van der Waals surface area contributed by atoms with Crippen molar-refractivity contribution < 1.29 is 9.53 Å². The van der Waals surface area contributed by atoms with E-state index in [0.29, 0.717) is 33.5 Å². The van der Waals surface area contributed by atoms with Gasteiger partial charge in [-0.3, -0.25) is 18.8 Å². The van der Waals surface area contributed by atoms with Crippen LogP contribution in [0.1, 0.15) is 10.4 Å².